The Morgan fingerprint density at radius 1 is 1.21 bits per heavy atom. The number of hydrogen-bond acceptors (Lipinski definition) is 2. The first kappa shape index (κ1) is 16.2. The highest BCUT2D eigenvalue weighted by atomic mass is 19.1. The standard InChI is InChI=1S/C19H18FNO3/c20-17-15(19(23)24)8-4-5-9-16(17)21(12-13-10-11-13)18(22)14-6-2-1-3-7-14/h1-4,6-9,13H,5,10-12H2,(H,23,24). The van der Waals surface area contributed by atoms with Gasteiger partial charge in [-0.2, -0.15) is 0 Å². The van der Waals surface area contributed by atoms with Crippen molar-refractivity contribution in [2.45, 2.75) is 19.3 Å². The monoisotopic (exact) mass is 327 g/mol. The Kier molecular flexibility index (Phi) is 4.60. The summed E-state index contributed by atoms with van der Waals surface area (Å²) in [5.41, 5.74) is 0.0968. The normalized spacial score (nSPS) is 17.3. The number of carboxylic acid groups (broad SMARTS) is 1. The zero-order valence-electron chi connectivity index (χ0n) is 13.1. The van der Waals surface area contributed by atoms with E-state index < -0.39 is 17.4 Å². The van der Waals surface area contributed by atoms with E-state index >= 15 is 0 Å². The molecular weight excluding hydrogens is 309 g/mol. The second-order valence-corrected chi connectivity index (χ2v) is 5.99. The Labute approximate surface area is 139 Å². The summed E-state index contributed by atoms with van der Waals surface area (Å²) in [6.07, 6.45) is 6.79. The van der Waals surface area contributed by atoms with Gasteiger partial charge in [-0.25, -0.2) is 9.18 Å². The molecule has 24 heavy (non-hydrogen) atoms. The Balaban J connectivity index is 1.99. The highest BCUT2D eigenvalue weighted by Gasteiger charge is 2.32. The van der Waals surface area contributed by atoms with E-state index in [1.54, 1.807) is 42.5 Å². The van der Waals surface area contributed by atoms with Crippen LogP contribution in [0.25, 0.3) is 0 Å². The van der Waals surface area contributed by atoms with Gasteiger partial charge in [0.15, 0.2) is 5.83 Å². The molecule has 2 aliphatic carbocycles. The van der Waals surface area contributed by atoms with E-state index in [1.165, 1.54) is 11.0 Å². The van der Waals surface area contributed by atoms with Gasteiger partial charge in [0.1, 0.15) is 0 Å². The Morgan fingerprint density at radius 2 is 1.92 bits per heavy atom. The molecule has 124 valence electrons. The molecule has 0 spiro atoms. The van der Waals surface area contributed by atoms with E-state index in [0.717, 1.165) is 12.8 Å². The van der Waals surface area contributed by atoms with Gasteiger partial charge in [0.25, 0.3) is 5.91 Å². The predicted octanol–water partition coefficient (Wildman–Crippen LogP) is 3.69. The number of rotatable bonds is 5. The third-order valence-corrected chi connectivity index (χ3v) is 4.12. The third-order valence-electron chi connectivity index (χ3n) is 4.12. The molecule has 2 aliphatic rings. The third kappa shape index (κ3) is 3.45. The Bertz CT molecular complexity index is 745. The summed E-state index contributed by atoms with van der Waals surface area (Å²) in [4.78, 5) is 25.5. The lowest BCUT2D eigenvalue weighted by atomic mass is 10.1. The minimum absolute atomic E-state index is 0.0538. The molecule has 4 nitrogen and oxygen atoms in total. The fraction of sp³-hybridized carbons (Fsp3) is 0.263. The van der Waals surface area contributed by atoms with E-state index in [2.05, 4.69) is 0 Å². The van der Waals surface area contributed by atoms with E-state index in [1.807, 2.05) is 0 Å². The van der Waals surface area contributed by atoms with Crippen molar-refractivity contribution in [2.75, 3.05) is 6.54 Å². The highest BCUT2D eigenvalue weighted by molar-refractivity contribution is 5.97. The van der Waals surface area contributed by atoms with Crippen LogP contribution in [0.4, 0.5) is 4.39 Å². The lowest BCUT2D eigenvalue weighted by Crippen LogP contribution is -2.33. The lowest BCUT2D eigenvalue weighted by molar-refractivity contribution is -0.132. The second-order valence-electron chi connectivity index (χ2n) is 5.99. The van der Waals surface area contributed by atoms with E-state index in [4.69, 9.17) is 0 Å². The zero-order valence-corrected chi connectivity index (χ0v) is 13.1. The smallest absolute Gasteiger partial charge is 0.338 e. The van der Waals surface area contributed by atoms with Crippen molar-refractivity contribution in [3.05, 3.63) is 71.2 Å². The van der Waals surface area contributed by atoms with Gasteiger partial charge in [0.2, 0.25) is 0 Å². The van der Waals surface area contributed by atoms with Crippen LogP contribution < -0.4 is 0 Å². The molecule has 1 aromatic carbocycles. The molecule has 0 aliphatic heterocycles. The summed E-state index contributed by atoms with van der Waals surface area (Å²) in [6.45, 7) is 0.403. The van der Waals surface area contributed by atoms with Crippen molar-refractivity contribution in [1.29, 1.82) is 0 Å². The maximum atomic E-state index is 14.8. The van der Waals surface area contributed by atoms with Crippen molar-refractivity contribution in [3.63, 3.8) is 0 Å². The maximum Gasteiger partial charge on any atom is 0.338 e. The molecule has 0 atom stereocenters. The van der Waals surface area contributed by atoms with Crippen molar-refractivity contribution < 1.29 is 19.1 Å². The highest BCUT2D eigenvalue weighted by Crippen LogP contribution is 2.34. The fourth-order valence-electron chi connectivity index (χ4n) is 2.65. The van der Waals surface area contributed by atoms with Crippen LogP contribution in [0.1, 0.15) is 29.6 Å². The van der Waals surface area contributed by atoms with Gasteiger partial charge < -0.3 is 10.0 Å². The topological polar surface area (TPSA) is 57.6 Å². The fourth-order valence-corrected chi connectivity index (χ4v) is 2.65. The van der Waals surface area contributed by atoms with E-state index in [0.29, 0.717) is 24.4 Å². The average Bonchev–Trinajstić information content (AvgIpc) is 3.41. The van der Waals surface area contributed by atoms with Gasteiger partial charge in [0, 0.05) is 12.1 Å². The number of allylic oxidation sites excluding steroid dienone is 3. The minimum Gasteiger partial charge on any atom is -0.478 e. The summed E-state index contributed by atoms with van der Waals surface area (Å²) >= 11 is 0. The van der Waals surface area contributed by atoms with Gasteiger partial charge in [-0.1, -0.05) is 30.4 Å². The number of halogens is 1. The first-order valence-corrected chi connectivity index (χ1v) is 7.95. The molecule has 0 saturated heterocycles. The van der Waals surface area contributed by atoms with Crippen LogP contribution in [0, 0.1) is 5.92 Å². The molecular formula is C19H18FNO3. The van der Waals surface area contributed by atoms with Crippen molar-refractivity contribution in [3.8, 4) is 0 Å². The molecule has 3 rings (SSSR count). The second kappa shape index (κ2) is 6.83. The van der Waals surface area contributed by atoms with Gasteiger partial charge in [-0.3, -0.25) is 4.79 Å². The minimum atomic E-state index is -1.34. The Morgan fingerprint density at radius 3 is 2.54 bits per heavy atom. The number of amides is 1. The SMILES string of the molecule is O=C(O)C1=C(F)C(N(CC2CC2)C(=O)c2ccccc2)=CCC=C1. The number of nitrogens with zero attached hydrogens (tertiary/aromatic N) is 1. The zero-order chi connectivity index (χ0) is 17.1. The number of carboxylic acids is 1. The first-order chi connectivity index (χ1) is 11.6. The van der Waals surface area contributed by atoms with Gasteiger partial charge >= 0.3 is 5.97 Å². The summed E-state index contributed by atoms with van der Waals surface area (Å²) in [6, 6.07) is 8.66. The van der Waals surface area contributed by atoms with Crippen LogP contribution in [0.3, 0.4) is 0 Å². The summed E-state index contributed by atoms with van der Waals surface area (Å²) in [7, 11) is 0. The molecule has 1 amide bonds. The largest absolute Gasteiger partial charge is 0.478 e. The van der Waals surface area contributed by atoms with Crippen LogP contribution in [0.15, 0.2) is 65.7 Å². The van der Waals surface area contributed by atoms with Crippen LogP contribution in [0.2, 0.25) is 0 Å². The molecule has 1 N–H and O–H groups in total. The van der Waals surface area contributed by atoms with Crippen LogP contribution in [-0.4, -0.2) is 28.4 Å². The van der Waals surface area contributed by atoms with Gasteiger partial charge in [0.05, 0.1) is 11.3 Å². The number of aliphatic carboxylic acids is 1. The van der Waals surface area contributed by atoms with Crippen LogP contribution >= 0.6 is 0 Å². The number of carbonyl (C=O) groups excluding carboxylic acids is 1. The molecule has 1 aromatic rings. The number of benzene rings is 1. The van der Waals surface area contributed by atoms with Gasteiger partial charge in [-0.15, -0.1) is 0 Å². The van der Waals surface area contributed by atoms with Crippen LogP contribution in [0.5, 0.6) is 0 Å². The molecule has 1 fully saturated rings. The molecule has 5 heteroatoms. The molecule has 1 saturated carbocycles. The molecule has 0 aromatic heterocycles. The molecule has 0 bridgehead atoms. The summed E-state index contributed by atoms with van der Waals surface area (Å²) in [5, 5.41) is 9.20. The predicted molar refractivity (Wildman–Crippen MR) is 87.8 cm³/mol. The summed E-state index contributed by atoms with van der Waals surface area (Å²) in [5.74, 6) is -2.16. The Hall–Kier alpha value is -2.69. The summed E-state index contributed by atoms with van der Waals surface area (Å²) < 4.78 is 14.8. The van der Waals surface area contributed by atoms with Crippen molar-refractivity contribution in [1.82, 2.24) is 4.90 Å². The maximum absolute atomic E-state index is 14.8. The van der Waals surface area contributed by atoms with Crippen LogP contribution in [-0.2, 0) is 4.79 Å². The van der Waals surface area contributed by atoms with E-state index in [-0.39, 0.29) is 11.6 Å². The number of hydrogen-bond donors (Lipinski definition) is 1. The molecule has 0 unspecified atom stereocenters. The van der Waals surface area contributed by atoms with E-state index in [9.17, 15) is 19.1 Å². The van der Waals surface area contributed by atoms with Gasteiger partial charge in [-0.05, 0) is 43.4 Å². The van der Waals surface area contributed by atoms with Crippen molar-refractivity contribution >= 4 is 11.9 Å². The van der Waals surface area contributed by atoms with Crippen molar-refractivity contribution in [2.24, 2.45) is 5.92 Å². The number of carbonyl (C=O) groups is 2. The molecule has 0 radical (unpaired) electrons. The quantitative estimate of drug-likeness (QED) is 0.897. The lowest BCUT2D eigenvalue weighted by Gasteiger charge is -2.25. The first-order valence-electron chi connectivity index (χ1n) is 7.95. The average molecular weight is 327 g/mol. The molecule has 0 heterocycles.